The molecular weight excluding hydrogens is 469 g/mol. The summed E-state index contributed by atoms with van der Waals surface area (Å²) < 4.78 is 20.5. The molecule has 1 aromatic heterocycles. The van der Waals surface area contributed by atoms with E-state index in [0.29, 0.717) is 17.4 Å². The number of nitrogens with zero attached hydrogens (tertiary/aromatic N) is 3. The zero-order chi connectivity index (χ0) is 24.4. The van der Waals surface area contributed by atoms with E-state index in [-0.39, 0.29) is 36.2 Å². The summed E-state index contributed by atoms with van der Waals surface area (Å²) in [7, 11) is 1.60. The van der Waals surface area contributed by atoms with Gasteiger partial charge in [0.1, 0.15) is 11.6 Å². The number of methoxy groups -OCH3 is 1. The summed E-state index contributed by atoms with van der Waals surface area (Å²) in [4.78, 5) is 17.2. The summed E-state index contributed by atoms with van der Waals surface area (Å²) in [5, 5.41) is 11.4. The fraction of sp³-hybridized carbons (Fsp3) is 0.192. The van der Waals surface area contributed by atoms with Gasteiger partial charge in [0.25, 0.3) is 5.95 Å². The molecular formula is C26H23ClFN5O2. The third-order valence-corrected chi connectivity index (χ3v) is 6.24. The highest BCUT2D eigenvalue weighted by molar-refractivity contribution is 6.30. The van der Waals surface area contributed by atoms with Crippen LogP contribution in [0.25, 0.3) is 0 Å². The van der Waals surface area contributed by atoms with Gasteiger partial charge in [0.2, 0.25) is 11.9 Å². The van der Waals surface area contributed by atoms with Crippen molar-refractivity contribution in [2.24, 2.45) is 0 Å². The van der Waals surface area contributed by atoms with Gasteiger partial charge in [-0.05, 0) is 59.5 Å². The Bertz CT molecular complexity index is 1320. The molecule has 0 aliphatic carbocycles. The van der Waals surface area contributed by atoms with Crippen molar-refractivity contribution >= 4 is 29.4 Å². The second-order valence-corrected chi connectivity index (χ2v) is 8.76. The Morgan fingerprint density at radius 2 is 1.77 bits per heavy atom. The first-order valence-corrected chi connectivity index (χ1v) is 11.5. The molecule has 2 heterocycles. The van der Waals surface area contributed by atoms with Gasteiger partial charge >= 0.3 is 0 Å². The third-order valence-electron chi connectivity index (χ3n) is 5.99. The predicted molar refractivity (Wildman–Crippen MR) is 132 cm³/mol. The Balaban J connectivity index is 1.40. The molecule has 0 saturated heterocycles. The van der Waals surface area contributed by atoms with Gasteiger partial charge in [0.15, 0.2) is 0 Å². The normalized spacial score (nSPS) is 16.8. The Morgan fingerprint density at radius 1 is 1.09 bits per heavy atom. The van der Waals surface area contributed by atoms with Crippen molar-refractivity contribution < 1.29 is 13.9 Å². The van der Waals surface area contributed by atoms with Crippen LogP contribution in [-0.2, 0) is 11.2 Å². The van der Waals surface area contributed by atoms with E-state index in [2.05, 4.69) is 20.7 Å². The number of hydrogen-bond acceptors (Lipinski definition) is 5. The molecule has 2 N–H and O–H groups in total. The number of benzene rings is 3. The average Bonchev–Trinajstić information content (AvgIpc) is 3.27. The highest BCUT2D eigenvalue weighted by Gasteiger charge is 2.31. The zero-order valence-electron chi connectivity index (χ0n) is 18.9. The summed E-state index contributed by atoms with van der Waals surface area (Å²) in [5.74, 6) is 0.916. The van der Waals surface area contributed by atoms with Crippen LogP contribution in [0, 0.1) is 5.82 Å². The Kier molecular flexibility index (Phi) is 6.37. The Hall–Kier alpha value is -3.91. The SMILES string of the molecule is COc1ccc(CC(=O)Nc2nc3n(n2)[C@H](c2ccc(F)cc2)C[C@@H](c2ccc(Cl)cc2)N3)cc1. The van der Waals surface area contributed by atoms with Gasteiger partial charge in [-0.1, -0.05) is 48.0 Å². The molecule has 0 bridgehead atoms. The quantitative estimate of drug-likeness (QED) is 0.377. The summed E-state index contributed by atoms with van der Waals surface area (Å²) in [6, 6.07) is 21.0. The molecule has 2 atom stereocenters. The highest BCUT2D eigenvalue weighted by atomic mass is 35.5. The number of rotatable bonds is 6. The van der Waals surface area contributed by atoms with Crippen LogP contribution in [0.1, 0.15) is 35.2 Å². The van der Waals surface area contributed by atoms with Gasteiger partial charge in [-0.25, -0.2) is 9.07 Å². The van der Waals surface area contributed by atoms with Crippen LogP contribution < -0.4 is 15.4 Å². The van der Waals surface area contributed by atoms with Gasteiger partial charge in [-0.2, -0.15) is 4.98 Å². The van der Waals surface area contributed by atoms with E-state index in [1.165, 1.54) is 12.1 Å². The molecule has 0 fully saturated rings. The van der Waals surface area contributed by atoms with Gasteiger partial charge < -0.3 is 10.1 Å². The van der Waals surface area contributed by atoms with Crippen molar-refractivity contribution in [1.29, 1.82) is 0 Å². The fourth-order valence-electron chi connectivity index (χ4n) is 4.20. The standard InChI is InChI=1S/C26H23ClFN5O2/c1-35-21-12-2-16(3-13-21)14-24(34)30-25-31-26-29-22(17-4-8-19(27)9-5-17)15-23(33(26)32-25)18-6-10-20(28)11-7-18/h2-13,22-23H,14-15H2,1H3,(H2,29,30,31,32,34)/t22-,23-/m0/s1. The van der Waals surface area contributed by atoms with Crippen molar-refractivity contribution in [1.82, 2.24) is 14.8 Å². The molecule has 0 saturated carbocycles. The summed E-state index contributed by atoms with van der Waals surface area (Å²) in [5.41, 5.74) is 2.78. The van der Waals surface area contributed by atoms with E-state index < -0.39 is 0 Å². The lowest BCUT2D eigenvalue weighted by molar-refractivity contribution is -0.115. The van der Waals surface area contributed by atoms with Gasteiger partial charge in [0.05, 0.1) is 25.6 Å². The highest BCUT2D eigenvalue weighted by Crippen LogP contribution is 2.38. The topological polar surface area (TPSA) is 81.1 Å². The van der Waals surface area contributed by atoms with E-state index >= 15 is 0 Å². The number of aromatic nitrogens is 3. The van der Waals surface area contributed by atoms with Crippen LogP contribution in [0.5, 0.6) is 5.75 Å². The predicted octanol–water partition coefficient (Wildman–Crippen LogP) is 5.41. The van der Waals surface area contributed by atoms with Crippen molar-refractivity contribution in [3.8, 4) is 5.75 Å². The van der Waals surface area contributed by atoms with Crippen LogP contribution in [0.4, 0.5) is 16.3 Å². The smallest absolute Gasteiger partial charge is 0.250 e. The van der Waals surface area contributed by atoms with Crippen LogP contribution in [0.2, 0.25) is 5.02 Å². The number of nitrogens with one attached hydrogen (secondary N) is 2. The lowest BCUT2D eigenvalue weighted by atomic mass is 9.93. The molecule has 0 spiro atoms. The molecule has 1 aliphatic heterocycles. The maximum atomic E-state index is 13.6. The third kappa shape index (κ3) is 5.12. The second kappa shape index (κ2) is 9.76. The number of ether oxygens (including phenoxy) is 1. The van der Waals surface area contributed by atoms with E-state index in [0.717, 1.165) is 22.4 Å². The van der Waals surface area contributed by atoms with Crippen LogP contribution in [-0.4, -0.2) is 27.8 Å². The van der Waals surface area contributed by atoms with E-state index in [1.807, 2.05) is 48.5 Å². The van der Waals surface area contributed by atoms with Crippen molar-refractivity contribution in [3.05, 3.63) is 100 Å². The second-order valence-electron chi connectivity index (χ2n) is 8.33. The molecule has 35 heavy (non-hydrogen) atoms. The number of carbonyl (C=O) groups excluding carboxylic acids is 1. The average molecular weight is 492 g/mol. The minimum absolute atomic E-state index is 0.0677. The molecule has 1 amide bonds. The lowest BCUT2D eigenvalue weighted by Crippen LogP contribution is -2.28. The number of carbonyl (C=O) groups is 1. The van der Waals surface area contributed by atoms with Crippen LogP contribution in [0.3, 0.4) is 0 Å². The maximum Gasteiger partial charge on any atom is 0.250 e. The molecule has 178 valence electrons. The van der Waals surface area contributed by atoms with Crippen molar-refractivity contribution in [2.45, 2.75) is 24.9 Å². The zero-order valence-corrected chi connectivity index (χ0v) is 19.7. The fourth-order valence-corrected chi connectivity index (χ4v) is 4.33. The first-order valence-electron chi connectivity index (χ1n) is 11.2. The summed E-state index contributed by atoms with van der Waals surface area (Å²) in [6.45, 7) is 0. The first-order chi connectivity index (χ1) is 17.0. The number of fused-ring (bicyclic) bond motifs is 1. The molecule has 9 heteroatoms. The Morgan fingerprint density at radius 3 is 2.46 bits per heavy atom. The largest absolute Gasteiger partial charge is 0.497 e. The molecule has 0 unspecified atom stereocenters. The molecule has 0 radical (unpaired) electrons. The summed E-state index contributed by atoms with van der Waals surface area (Å²) >= 11 is 6.07. The molecule has 7 nitrogen and oxygen atoms in total. The van der Waals surface area contributed by atoms with Crippen molar-refractivity contribution in [2.75, 3.05) is 17.7 Å². The number of anilines is 2. The van der Waals surface area contributed by atoms with Crippen molar-refractivity contribution in [3.63, 3.8) is 0 Å². The van der Waals surface area contributed by atoms with Crippen LogP contribution >= 0.6 is 11.6 Å². The molecule has 4 aromatic rings. The van der Waals surface area contributed by atoms with E-state index in [9.17, 15) is 9.18 Å². The lowest BCUT2D eigenvalue weighted by Gasteiger charge is -2.31. The van der Waals surface area contributed by atoms with Gasteiger partial charge in [0, 0.05) is 5.02 Å². The van der Waals surface area contributed by atoms with E-state index in [1.54, 1.807) is 23.9 Å². The number of halogens is 2. The van der Waals surface area contributed by atoms with Gasteiger partial charge in [-0.3, -0.25) is 10.1 Å². The van der Waals surface area contributed by atoms with Crippen LogP contribution in [0.15, 0.2) is 72.8 Å². The molecule has 1 aliphatic rings. The number of hydrogen-bond donors (Lipinski definition) is 2. The minimum Gasteiger partial charge on any atom is -0.497 e. The maximum absolute atomic E-state index is 13.6. The molecule has 3 aromatic carbocycles. The summed E-state index contributed by atoms with van der Waals surface area (Å²) in [6.07, 6.45) is 0.832. The Labute approximate surface area is 206 Å². The van der Waals surface area contributed by atoms with E-state index in [4.69, 9.17) is 16.3 Å². The first kappa shape index (κ1) is 22.9. The monoisotopic (exact) mass is 491 g/mol. The molecule has 5 rings (SSSR count). The van der Waals surface area contributed by atoms with Gasteiger partial charge in [-0.15, -0.1) is 5.10 Å². The minimum atomic E-state index is -0.303. The number of amides is 1.